The van der Waals surface area contributed by atoms with Crippen molar-refractivity contribution in [2.24, 2.45) is 0 Å². The maximum Gasteiger partial charge on any atom is 0.319 e. The lowest BCUT2D eigenvalue weighted by atomic mass is 10.1. The summed E-state index contributed by atoms with van der Waals surface area (Å²) in [5, 5.41) is 0. The minimum Gasteiger partial charge on any atom is -0.331 e. The molecule has 4 nitrogen and oxygen atoms in total. The molecule has 0 spiro atoms. The number of fused-ring (bicyclic) bond motifs is 2. The second-order valence-electron chi connectivity index (χ2n) is 4.82. The van der Waals surface area contributed by atoms with Crippen LogP contribution in [0, 0.1) is 0 Å². The number of hydrogen-bond acceptors (Lipinski definition) is 2. The molecule has 4 heteroatoms. The summed E-state index contributed by atoms with van der Waals surface area (Å²) >= 11 is 0. The van der Waals surface area contributed by atoms with Gasteiger partial charge in [-0.25, -0.2) is 4.79 Å². The van der Waals surface area contributed by atoms with E-state index in [1.54, 1.807) is 4.90 Å². The summed E-state index contributed by atoms with van der Waals surface area (Å²) in [6.07, 6.45) is 3.73. The van der Waals surface area contributed by atoms with Crippen LogP contribution in [-0.2, 0) is 0 Å². The lowest BCUT2D eigenvalue weighted by Crippen LogP contribution is -2.56. The number of carbonyl (C=O) groups excluding carboxylic acids is 1. The third-order valence-corrected chi connectivity index (χ3v) is 3.46. The summed E-state index contributed by atoms with van der Waals surface area (Å²) in [4.78, 5) is 18.2. The van der Waals surface area contributed by atoms with E-state index >= 15 is 0 Å². The average molecular weight is 211 g/mol. The van der Waals surface area contributed by atoms with Crippen molar-refractivity contribution in [3.8, 4) is 0 Å². The predicted molar refractivity (Wildman–Crippen MR) is 59.9 cm³/mol. The molecule has 2 atom stereocenters. The van der Waals surface area contributed by atoms with Gasteiger partial charge in [-0.05, 0) is 19.4 Å². The molecule has 2 unspecified atom stereocenters. The summed E-state index contributed by atoms with van der Waals surface area (Å²) < 4.78 is 0. The fraction of sp³-hybridized carbons (Fsp3) is 0.909. The van der Waals surface area contributed by atoms with Crippen LogP contribution in [0.5, 0.6) is 0 Å². The fourth-order valence-corrected chi connectivity index (χ4v) is 2.59. The first-order valence-electron chi connectivity index (χ1n) is 5.89. The van der Waals surface area contributed by atoms with Crippen LogP contribution in [0.25, 0.3) is 0 Å². The Morgan fingerprint density at radius 1 is 1.20 bits per heavy atom. The highest BCUT2D eigenvalue weighted by Gasteiger charge is 2.32. The van der Waals surface area contributed by atoms with Crippen LogP contribution in [0.1, 0.15) is 19.3 Å². The van der Waals surface area contributed by atoms with Gasteiger partial charge in [0.1, 0.15) is 0 Å². The lowest BCUT2D eigenvalue weighted by Gasteiger charge is -2.40. The number of urea groups is 1. The van der Waals surface area contributed by atoms with E-state index in [1.165, 1.54) is 25.8 Å². The molecule has 15 heavy (non-hydrogen) atoms. The van der Waals surface area contributed by atoms with Gasteiger partial charge in [-0.2, -0.15) is 0 Å². The molecular weight excluding hydrogens is 190 g/mol. The van der Waals surface area contributed by atoms with E-state index in [0.29, 0.717) is 6.04 Å². The molecule has 86 valence electrons. The number of piperazine rings is 1. The summed E-state index contributed by atoms with van der Waals surface area (Å²) in [6.45, 7) is 4.26. The van der Waals surface area contributed by atoms with E-state index in [0.717, 1.165) is 19.6 Å². The summed E-state index contributed by atoms with van der Waals surface area (Å²) in [5.41, 5.74) is 0. The highest BCUT2D eigenvalue weighted by Crippen LogP contribution is 2.20. The van der Waals surface area contributed by atoms with Gasteiger partial charge in [-0.15, -0.1) is 0 Å². The Hall–Kier alpha value is -0.770. The highest BCUT2D eigenvalue weighted by atomic mass is 16.2. The van der Waals surface area contributed by atoms with Crippen molar-refractivity contribution in [2.45, 2.75) is 25.3 Å². The number of hydrogen-bond donors (Lipinski definition) is 0. The van der Waals surface area contributed by atoms with Gasteiger partial charge in [-0.3, -0.25) is 4.90 Å². The Morgan fingerprint density at radius 3 is 2.73 bits per heavy atom. The van der Waals surface area contributed by atoms with Crippen LogP contribution >= 0.6 is 0 Å². The van der Waals surface area contributed by atoms with E-state index in [9.17, 15) is 4.79 Å². The fourth-order valence-electron chi connectivity index (χ4n) is 2.59. The second kappa shape index (κ2) is 4.39. The maximum absolute atomic E-state index is 11.9. The van der Waals surface area contributed by atoms with Gasteiger partial charge in [0.25, 0.3) is 0 Å². The van der Waals surface area contributed by atoms with Gasteiger partial charge in [0.15, 0.2) is 0 Å². The Bertz CT molecular complexity index is 242. The zero-order chi connectivity index (χ0) is 10.8. The smallest absolute Gasteiger partial charge is 0.319 e. The van der Waals surface area contributed by atoms with Gasteiger partial charge in [-0.1, -0.05) is 6.42 Å². The van der Waals surface area contributed by atoms with Crippen molar-refractivity contribution in [1.82, 2.24) is 14.7 Å². The molecule has 2 heterocycles. The highest BCUT2D eigenvalue weighted by molar-refractivity contribution is 5.74. The molecule has 2 amide bonds. The van der Waals surface area contributed by atoms with Crippen molar-refractivity contribution in [3.63, 3.8) is 0 Å². The molecule has 0 aromatic carbocycles. The Morgan fingerprint density at radius 2 is 2.00 bits per heavy atom. The quantitative estimate of drug-likeness (QED) is 0.593. The number of amides is 2. The van der Waals surface area contributed by atoms with Crippen molar-refractivity contribution in [3.05, 3.63) is 0 Å². The van der Waals surface area contributed by atoms with Crippen molar-refractivity contribution in [2.75, 3.05) is 40.3 Å². The molecular formula is C11H21N3O. The van der Waals surface area contributed by atoms with E-state index in [-0.39, 0.29) is 6.03 Å². The Kier molecular flexibility index (Phi) is 3.14. The number of rotatable bonds is 0. The lowest BCUT2D eigenvalue weighted by molar-refractivity contribution is 0.0889. The van der Waals surface area contributed by atoms with E-state index in [2.05, 4.69) is 9.80 Å². The minimum atomic E-state index is 0.182. The van der Waals surface area contributed by atoms with Gasteiger partial charge in [0.05, 0.1) is 0 Å². The van der Waals surface area contributed by atoms with Gasteiger partial charge in [0, 0.05) is 39.8 Å². The van der Waals surface area contributed by atoms with E-state index < -0.39 is 0 Å². The molecule has 2 aliphatic heterocycles. The molecule has 0 saturated carbocycles. The van der Waals surface area contributed by atoms with Crippen LogP contribution < -0.4 is 0 Å². The Labute approximate surface area is 91.8 Å². The van der Waals surface area contributed by atoms with Crippen molar-refractivity contribution >= 4 is 6.03 Å². The normalized spacial score (nSPS) is 30.9. The van der Waals surface area contributed by atoms with Crippen molar-refractivity contribution in [1.29, 1.82) is 0 Å². The van der Waals surface area contributed by atoms with Crippen LogP contribution in [0.2, 0.25) is 0 Å². The third-order valence-electron chi connectivity index (χ3n) is 3.46. The summed E-state index contributed by atoms with van der Waals surface area (Å²) in [5.74, 6) is 0. The van der Waals surface area contributed by atoms with E-state index in [4.69, 9.17) is 0 Å². The molecule has 2 rings (SSSR count). The second-order valence-corrected chi connectivity index (χ2v) is 4.82. The van der Waals surface area contributed by atoms with Gasteiger partial charge in [0.2, 0.25) is 0 Å². The predicted octanol–water partition coefficient (Wildman–Crippen LogP) is 0.838. The van der Waals surface area contributed by atoms with Gasteiger partial charge < -0.3 is 9.80 Å². The molecule has 0 aliphatic carbocycles. The number of carbonyl (C=O) groups is 1. The molecule has 2 fully saturated rings. The topological polar surface area (TPSA) is 26.8 Å². The van der Waals surface area contributed by atoms with E-state index in [1.807, 2.05) is 14.1 Å². The molecule has 2 aliphatic rings. The van der Waals surface area contributed by atoms with Crippen LogP contribution in [0.4, 0.5) is 4.79 Å². The molecule has 0 aromatic rings. The molecule has 2 bridgehead atoms. The van der Waals surface area contributed by atoms with Crippen LogP contribution in [-0.4, -0.2) is 67.0 Å². The summed E-state index contributed by atoms with van der Waals surface area (Å²) in [6, 6.07) is 0.637. The summed E-state index contributed by atoms with van der Waals surface area (Å²) in [7, 11) is 3.68. The Balaban J connectivity index is 2.04. The SMILES string of the molecule is CN(C)C(=O)N1CCN2CCCCC1C2. The maximum atomic E-state index is 11.9. The zero-order valence-electron chi connectivity index (χ0n) is 9.78. The van der Waals surface area contributed by atoms with Crippen molar-refractivity contribution < 1.29 is 4.79 Å². The number of nitrogens with zero attached hydrogens (tertiary/aromatic N) is 3. The third kappa shape index (κ3) is 2.25. The van der Waals surface area contributed by atoms with Crippen LogP contribution in [0.3, 0.4) is 0 Å². The monoisotopic (exact) mass is 211 g/mol. The first kappa shape index (κ1) is 10.7. The van der Waals surface area contributed by atoms with Gasteiger partial charge >= 0.3 is 6.03 Å². The van der Waals surface area contributed by atoms with Crippen LogP contribution in [0.15, 0.2) is 0 Å². The minimum absolute atomic E-state index is 0.182. The zero-order valence-corrected chi connectivity index (χ0v) is 9.78. The first-order chi connectivity index (χ1) is 7.18. The molecule has 0 aromatic heterocycles. The molecule has 0 N–H and O–H groups in total. The molecule has 0 radical (unpaired) electrons. The molecule has 2 saturated heterocycles. The largest absolute Gasteiger partial charge is 0.331 e. The standard InChI is InChI=1S/C11H21N3O/c1-12(2)11(15)14-8-7-13-6-4-3-5-10(14)9-13/h10H,3-9H2,1-2H3. The average Bonchev–Trinajstić information content (AvgIpc) is 2.40. The first-order valence-corrected chi connectivity index (χ1v) is 5.89.